The predicted octanol–water partition coefficient (Wildman–Crippen LogP) is 5.17. The van der Waals surface area contributed by atoms with Gasteiger partial charge in [-0.1, -0.05) is 52.9 Å². The summed E-state index contributed by atoms with van der Waals surface area (Å²) in [6.07, 6.45) is 6.97. The SMILES string of the molecule is CCN(CC1(CBr)CCCCC1)c1ccc(C)cc1. The third kappa shape index (κ3) is 3.75. The molecule has 1 aromatic carbocycles. The Morgan fingerprint density at radius 3 is 2.26 bits per heavy atom. The van der Waals surface area contributed by atoms with E-state index >= 15 is 0 Å². The van der Waals surface area contributed by atoms with Gasteiger partial charge in [-0.25, -0.2) is 0 Å². The van der Waals surface area contributed by atoms with Crippen molar-refractivity contribution in [1.29, 1.82) is 0 Å². The first-order chi connectivity index (χ1) is 9.19. The minimum atomic E-state index is 0.485. The average molecular weight is 324 g/mol. The van der Waals surface area contributed by atoms with Crippen molar-refractivity contribution in [3.63, 3.8) is 0 Å². The van der Waals surface area contributed by atoms with Gasteiger partial charge >= 0.3 is 0 Å². The van der Waals surface area contributed by atoms with Gasteiger partial charge in [-0.3, -0.25) is 0 Å². The first kappa shape index (κ1) is 14.9. The second-order valence-corrected chi connectivity index (χ2v) is 6.60. The van der Waals surface area contributed by atoms with Crippen LogP contribution in [-0.4, -0.2) is 18.4 Å². The molecular weight excluding hydrogens is 298 g/mol. The molecule has 0 radical (unpaired) electrons. The first-order valence-electron chi connectivity index (χ1n) is 7.57. The zero-order chi connectivity index (χ0) is 13.7. The lowest BCUT2D eigenvalue weighted by Crippen LogP contribution is -2.40. The highest BCUT2D eigenvalue weighted by Crippen LogP contribution is 2.39. The van der Waals surface area contributed by atoms with Gasteiger partial charge in [0.1, 0.15) is 0 Å². The minimum Gasteiger partial charge on any atom is -0.371 e. The lowest BCUT2D eigenvalue weighted by atomic mass is 9.75. The highest BCUT2D eigenvalue weighted by molar-refractivity contribution is 9.09. The van der Waals surface area contributed by atoms with Crippen molar-refractivity contribution >= 4 is 21.6 Å². The molecule has 0 atom stereocenters. The van der Waals surface area contributed by atoms with Crippen LogP contribution in [-0.2, 0) is 0 Å². The Balaban J connectivity index is 2.11. The van der Waals surface area contributed by atoms with E-state index in [1.807, 2.05) is 0 Å². The molecule has 1 aromatic rings. The van der Waals surface area contributed by atoms with Crippen LogP contribution in [0.2, 0.25) is 0 Å². The molecule has 2 heteroatoms. The fourth-order valence-corrected chi connectivity index (χ4v) is 3.92. The van der Waals surface area contributed by atoms with Gasteiger partial charge in [-0.15, -0.1) is 0 Å². The zero-order valence-electron chi connectivity index (χ0n) is 12.3. The molecule has 1 aliphatic carbocycles. The quantitative estimate of drug-likeness (QED) is 0.676. The van der Waals surface area contributed by atoms with Crippen LogP contribution in [0.15, 0.2) is 24.3 Å². The number of alkyl halides is 1. The summed E-state index contributed by atoms with van der Waals surface area (Å²) >= 11 is 3.78. The molecule has 0 heterocycles. The van der Waals surface area contributed by atoms with E-state index in [2.05, 4.69) is 58.9 Å². The molecule has 0 aromatic heterocycles. The van der Waals surface area contributed by atoms with E-state index in [9.17, 15) is 0 Å². The summed E-state index contributed by atoms with van der Waals surface area (Å²) in [6, 6.07) is 8.98. The number of hydrogen-bond donors (Lipinski definition) is 0. The predicted molar refractivity (Wildman–Crippen MR) is 88.4 cm³/mol. The van der Waals surface area contributed by atoms with Crippen LogP contribution in [0.3, 0.4) is 0 Å². The van der Waals surface area contributed by atoms with Crippen molar-refractivity contribution in [3.8, 4) is 0 Å². The molecule has 0 saturated heterocycles. The van der Waals surface area contributed by atoms with E-state index in [1.54, 1.807) is 0 Å². The third-order valence-electron chi connectivity index (χ3n) is 4.50. The van der Waals surface area contributed by atoms with Gasteiger partial charge in [0.2, 0.25) is 0 Å². The van der Waals surface area contributed by atoms with Crippen molar-refractivity contribution in [2.45, 2.75) is 46.0 Å². The van der Waals surface area contributed by atoms with Gasteiger partial charge in [0.05, 0.1) is 0 Å². The van der Waals surface area contributed by atoms with Gasteiger partial charge in [-0.2, -0.15) is 0 Å². The van der Waals surface area contributed by atoms with Crippen LogP contribution < -0.4 is 4.90 Å². The Labute approximate surface area is 126 Å². The number of nitrogens with zero attached hydrogens (tertiary/aromatic N) is 1. The zero-order valence-corrected chi connectivity index (χ0v) is 13.9. The van der Waals surface area contributed by atoms with Crippen molar-refractivity contribution in [2.24, 2.45) is 5.41 Å². The largest absolute Gasteiger partial charge is 0.371 e. The van der Waals surface area contributed by atoms with E-state index < -0.39 is 0 Å². The Morgan fingerprint density at radius 2 is 1.74 bits per heavy atom. The lowest BCUT2D eigenvalue weighted by Gasteiger charge is -2.40. The lowest BCUT2D eigenvalue weighted by molar-refractivity contribution is 0.229. The molecule has 1 saturated carbocycles. The van der Waals surface area contributed by atoms with Crippen LogP contribution in [0.25, 0.3) is 0 Å². The van der Waals surface area contributed by atoms with Gasteiger partial charge in [0.25, 0.3) is 0 Å². The van der Waals surface area contributed by atoms with Crippen LogP contribution in [0, 0.1) is 12.3 Å². The van der Waals surface area contributed by atoms with E-state index in [0.717, 1.165) is 11.9 Å². The molecular formula is C17H26BrN. The number of hydrogen-bond acceptors (Lipinski definition) is 1. The maximum atomic E-state index is 3.78. The average Bonchev–Trinajstić information content (AvgIpc) is 2.47. The Morgan fingerprint density at radius 1 is 1.11 bits per heavy atom. The molecule has 1 fully saturated rings. The fourth-order valence-electron chi connectivity index (χ4n) is 3.18. The van der Waals surface area contributed by atoms with Crippen molar-refractivity contribution in [3.05, 3.63) is 29.8 Å². The van der Waals surface area contributed by atoms with Gasteiger partial charge < -0.3 is 4.90 Å². The summed E-state index contributed by atoms with van der Waals surface area (Å²) in [7, 11) is 0. The number of rotatable bonds is 5. The molecule has 0 N–H and O–H groups in total. The molecule has 1 nitrogen and oxygen atoms in total. The molecule has 0 spiro atoms. The van der Waals surface area contributed by atoms with E-state index in [4.69, 9.17) is 0 Å². The third-order valence-corrected chi connectivity index (χ3v) is 5.69. The molecule has 2 rings (SSSR count). The monoisotopic (exact) mass is 323 g/mol. The molecule has 1 aliphatic rings. The highest BCUT2D eigenvalue weighted by Gasteiger charge is 2.32. The molecule has 19 heavy (non-hydrogen) atoms. The second kappa shape index (κ2) is 6.78. The summed E-state index contributed by atoms with van der Waals surface area (Å²) in [6.45, 7) is 6.71. The second-order valence-electron chi connectivity index (χ2n) is 6.04. The van der Waals surface area contributed by atoms with Crippen molar-refractivity contribution in [2.75, 3.05) is 23.3 Å². The minimum absolute atomic E-state index is 0.485. The van der Waals surface area contributed by atoms with Gasteiger partial charge in [-0.05, 0) is 44.2 Å². The molecule has 0 unspecified atom stereocenters. The molecule has 0 amide bonds. The van der Waals surface area contributed by atoms with Crippen LogP contribution in [0.4, 0.5) is 5.69 Å². The number of benzene rings is 1. The first-order valence-corrected chi connectivity index (χ1v) is 8.69. The van der Waals surface area contributed by atoms with E-state index in [0.29, 0.717) is 5.41 Å². The van der Waals surface area contributed by atoms with E-state index in [1.165, 1.54) is 49.9 Å². The highest BCUT2D eigenvalue weighted by atomic mass is 79.9. The van der Waals surface area contributed by atoms with Crippen molar-refractivity contribution < 1.29 is 0 Å². The van der Waals surface area contributed by atoms with Crippen LogP contribution in [0.1, 0.15) is 44.6 Å². The normalized spacial score (nSPS) is 18.3. The topological polar surface area (TPSA) is 3.24 Å². The van der Waals surface area contributed by atoms with Crippen LogP contribution >= 0.6 is 15.9 Å². The number of halogens is 1. The maximum absolute atomic E-state index is 3.78. The van der Waals surface area contributed by atoms with Crippen molar-refractivity contribution in [1.82, 2.24) is 0 Å². The fraction of sp³-hybridized carbons (Fsp3) is 0.647. The summed E-state index contributed by atoms with van der Waals surface area (Å²) in [4.78, 5) is 2.55. The maximum Gasteiger partial charge on any atom is 0.0366 e. The molecule has 0 bridgehead atoms. The Hall–Kier alpha value is -0.500. The summed E-state index contributed by atoms with van der Waals surface area (Å²) in [5.41, 5.74) is 3.20. The Kier molecular flexibility index (Phi) is 5.32. The smallest absolute Gasteiger partial charge is 0.0366 e. The van der Waals surface area contributed by atoms with Crippen LogP contribution in [0.5, 0.6) is 0 Å². The number of aryl methyl sites for hydroxylation is 1. The van der Waals surface area contributed by atoms with E-state index in [-0.39, 0.29) is 0 Å². The number of anilines is 1. The summed E-state index contributed by atoms with van der Waals surface area (Å²) in [5.74, 6) is 0. The summed E-state index contributed by atoms with van der Waals surface area (Å²) in [5, 5.41) is 1.14. The standard InChI is InChI=1S/C17H26BrN/c1-3-19(16-9-7-15(2)8-10-16)14-17(13-18)11-5-4-6-12-17/h7-10H,3-6,11-14H2,1-2H3. The molecule has 0 aliphatic heterocycles. The Bertz CT molecular complexity index is 379. The summed E-state index contributed by atoms with van der Waals surface area (Å²) < 4.78 is 0. The van der Waals surface area contributed by atoms with Gasteiger partial charge in [0.15, 0.2) is 0 Å². The molecule has 106 valence electrons. The van der Waals surface area contributed by atoms with Gasteiger partial charge in [0, 0.05) is 24.1 Å².